The second-order valence-electron chi connectivity index (χ2n) is 5.81. The largest absolute Gasteiger partial charge is 0.409 e. The van der Waals surface area contributed by atoms with Gasteiger partial charge in [0.25, 0.3) is 0 Å². The third-order valence-electron chi connectivity index (χ3n) is 4.59. The van der Waals surface area contributed by atoms with Crippen LogP contribution in [0, 0.1) is 17.8 Å². The highest BCUT2D eigenvalue weighted by atomic mass is 35.5. The highest BCUT2D eigenvalue weighted by molar-refractivity contribution is 6.34. The molecule has 5 nitrogen and oxygen atoms in total. The molecule has 2 unspecified atom stereocenters. The Kier molecular flexibility index (Phi) is 3.76. The number of amidine groups is 1. The van der Waals surface area contributed by atoms with Gasteiger partial charge in [-0.05, 0) is 42.9 Å². The Balaban J connectivity index is 1.69. The number of anilines is 1. The second kappa shape index (κ2) is 5.56. The summed E-state index contributed by atoms with van der Waals surface area (Å²) >= 11 is 6.15. The number of hydrogen-bond acceptors (Lipinski definition) is 3. The summed E-state index contributed by atoms with van der Waals surface area (Å²) in [4.78, 5) is 12.3. The number of hydrogen-bond donors (Lipinski definition) is 3. The van der Waals surface area contributed by atoms with Crippen LogP contribution in [0.5, 0.6) is 0 Å². The summed E-state index contributed by atoms with van der Waals surface area (Å²) in [7, 11) is 0. The molecular weight excluding hydrogens is 290 g/mol. The fraction of sp³-hybridized carbons (Fsp3) is 0.467. The van der Waals surface area contributed by atoms with Gasteiger partial charge in [-0.25, -0.2) is 0 Å². The first-order chi connectivity index (χ1) is 10.1. The summed E-state index contributed by atoms with van der Waals surface area (Å²) in [5.74, 6) is 1.32. The first-order valence-electron chi connectivity index (χ1n) is 7.20. The van der Waals surface area contributed by atoms with Crippen LogP contribution in [0.2, 0.25) is 5.02 Å². The zero-order chi connectivity index (χ0) is 15.0. The number of rotatable bonds is 3. The number of oxime groups is 1. The predicted molar refractivity (Wildman–Crippen MR) is 81.5 cm³/mol. The summed E-state index contributed by atoms with van der Waals surface area (Å²) in [6.45, 7) is 0. The van der Waals surface area contributed by atoms with Crippen molar-refractivity contribution in [2.75, 3.05) is 5.32 Å². The monoisotopic (exact) mass is 307 g/mol. The van der Waals surface area contributed by atoms with Crippen molar-refractivity contribution in [3.63, 3.8) is 0 Å². The van der Waals surface area contributed by atoms with Crippen molar-refractivity contribution in [1.82, 2.24) is 0 Å². The van der Waals surface area contributed by atoms with E-state index < -0.39 is 0 Å². The fourth-order valence-electron chi connectivity index (χ4n) is 3.43. The number of amides is 1. The van der Waals surface area contributed by atoms with Gasteiger partial charge in [0.15, 0.2) is 5.84 Å². The molecule has 0 spiro atoms. The molecule has 4 N–H and O–H groups in total. The number of nitrogens with two attached hydrogens (primary N) is 1. The lowest BCUT2D eigenvalue weighted by molar-refractivity contribution is -0.117. The average Bonchev–Trinajstić information content (AvgIpc) is 3.22. The number of benzene rings is 1. The van der Waals surface area contributed by atoms with Crippen molar-refractivity contribution >= 4 is 29.0 Å². The van der Waals surface area contributed by atoms with Crippen molar-refractivity contribution in [2.24, 2.45) is 28.6 Å². The minimum absolute atomic E-state index is 0.0111. The Morgan fingerprint density at radius 1 is 1.33 bits per heavy atom. The van der Waals surface area contributed by atoms with Gasteiger partial charge in [0.2, 0.25) is 5.91 Å². The zero-order valence-electron chi connectivity index (χ0n) is 11.6. The zero-order valence-corrected chi connectivity index (χ0v) is 12.3. The molecular formula is C15H18ClN3O2. The number of carbonyl (C=O) groups is 1. The quantitative estimate of drug-likeness (QED) is 0.347. The maximum atomic E-state index is 12.3. The molecule has 0 aromatic heterocycles. The van der Waals surface area contributed by atoms with Crippen LogP contribution in [0.3, 0.4) is 0 Å². The van der Waals surface area contributed by atoms with Crippen molar-refractivity contribution in [3.8, 4) is 0 Å². The van der Waals surface area contributed by atoms with Gasteiger partial charge < -0.3 is 16.3 Å². The molecule has 112 valence electrons. The van der Waals surface area contributed by atoms with E-state index >= 15 is 0 Å². The standard InChI is InChI=1S/C15H18ClN3O2/c16-11-7-8(14(17)19-21)5-6-12(11)18-15(20)13-9-3-1-2-4-10(9)13/h5-7,9-10,13,21H,1-4H2,(H2,17,19)(H,18,20). The molecule has 0 heterocycles. The Morgan fingerprint density at radius 3 is 2.57 bits per heavy atom. The molecule has 1 amide bonds. The maximum absolute atomic E-state index is 12.3. The normalized spacial score (nSPS) is 27.9. The van der Waals surface area contributed by atoms with Crippen LogP contribution in [0.25, 0.3) is 0 Å². The van der Waals surface area contributed by atoms with Crippen molar-refractivity contribution < 1.29 is 10.0 Å². The fourth-order valence-corrected chi connectivity index (χ4v) is 3.66. The Morgan fingerprint density at radius 2 is 2.00 bits per heavy atom. The van der Waals surface area contributed by atoms with Crippen LogP contribution in [0.15, 0.2) is 23.4 Å². The Labute approximate surface area is 128 Å². The van der Waals surface area contributed by atoms with Crippen molar-refractivity contribution in [3.05, 3.63) is 28.8 Å². The predicted octanol–water partition coefficient (Wildman–Crippen LogP) is 2.81. The SMILES string of the molecule is N/C(=N/O)c1ccc(NC(=O)C2C3CCCCC32)c(Cl)c1. The average molecular weight is 308 g/mol. The topological polar surface area (TPSA) is 87.7 Å². The first kappa shape index (κ1) is 14.2. The summed E-state index contributed by atoms with van der Waals surface area (Å²) in [6, 6.07) is 4.92. The second-order valence-corrected chi connectivity index (χ2v) is 6.21. The van der Waals surface area contributed by atoms with Crippen LogP contribution in [-0.4, -0.2) is 17.0 Å². The van der Waals surface area contributed by atoms with E-state index in [0.29, 0.717) is 28.1 Å². The molecule has 6 heteroatoms. The third kappa shape index (κ3) is 2.70. The van der Waals surface area contributed by atoms with Crippen LogP contribution in [0.1, 0.15) is 31.2 Å². The summed E-state index contributed by atoms with van der Waals surface area (Å²) in [6.07, 6.45) is 4.80. The van der Waals surface area contributed by atoms with Crippen LogP contribution >= 0.6 is 11.6 Å². The van der Waals surface area contributed by atoms with E-state index in [1.54, 1.807) is 18.2 Å². The molecule has 0 bridgehead atoms. The summed E-state index contributed by atoms with van der Waals surface area (Å²) in [5.41, 5.74) is 6.59. The number of carbonyl (C=O) groups excluding carboxylic acids is 1. The van der Waals surface area contributed by atoms with E-state index in [9.17, 15) is 4.79 Å². The molecule has 1 aromatic rings. The molecule has 2 aliphatic carbocycles. The van der Waals surface area contributed by atoms with Crippen LogP contribution < -0.4 is 11.1 Å². The lowest BCUT2D eigenvalue weighted by Gasteiger charge is -2.08. The lowest BCUT2D eigenvalue weighted by atomic mass is 10.0. The van der Waals surface area contributed by atoms with Gasteiger partial charge in [-0.3, -0.25) is 4.79 Å². The number of nitrogens with zero attached hydrogens (tertiary/aromatic N) is 1. The third-order valence-corrected chi connectivity index (χ3v) is 4.90. The Bertz CT molecular complexity index is 591. The Hall–Kier alpha value is -1.75. The molecule has 0 saturated heterocycles. The molecule has 2 saturated carbocycles. The van der Waals surface area contributed by atoms with Crippen molar-refractivity contribution in [2.45, 2.75) is 25.7 Å². The smallest absolute Gasteiger partial charge is 0.228 e. The highest BCUT2D eigenvalue weighted by Crippen LogP contribution is 2.55. The van der Waals surface area contributed by atoms with Gasteiger partial charge in [0, 0.05) is 11.5 Å². The van der Waals surface area contributed by atoms with Gasteiger partial charge in [-0.1, -0.05) is 29.6 Å². The van der Waals surface area contributed by atoms with Gasteiger partial charge >= 0.3 is 0 Å². The minimum Gasteiger partial charge on any atom is -0.409 e. The van der Waals surface area contributed by atoms with Crippen molar-refractivity contribution in [1.29, 1.82) is 0 Å². The molecule has 3 rings (SSSR count). The molecule has 2 aliphatic rings. The first-order valence-corrected chi connectivity index (χ1v) is 7.58. The van der Waals surface area contributed by atoms with Crippen LogP contribution in [-0.2, 0) is 4.79 Å². The van der Waals surface area contributed by atoms with Gasteiger partial charge in [0.1, 0.15) is 0 Å². The molecule has 21 heavy (non-hydrogen) atoms. The van der Waals surface area contributed by atoms with E-state index in [-0.39, 0.29) is 17.7 Å². The van der Waals surface area contributed by atoms with E-state index in [2.05, 4.69) is 10.5 Å². The number of halogens is 1. The molecule has 1 aromatic carbocycles. The van der Waals surface area contributed by atoms with E-state index in [4.69, 9.17) is 22.5 Å². The minimum atomic E-state index is -0.0111. The van der Waals surface area contributed by atoms with Crippen LogP contribution in [0.4, 0.5) is 5.69 Å². The molecule has 2 atom stereocenters. The maximum Gasteiger partial charge on any atom is 0.228 e. The summed E-state index contributed by atoms with van der Waals surface area (Å²) < 4.78 is 0. The van der Waals surface area contributed by atoms with E-state index in [1.807, 2.05) is 0 Å². The summed E-state index contributed by atoms with van der Waals surface area (Å²) in [5, 5.41) is 14.9. The van der Waals surface area contributed by atoms with Gasteiger partial charge in [-0.15, -0.1) is 0 Å². The number of nitrogens with one attached hydrogen (secondary N) is 1. The highest BCUT2D eigenvalue weighted by Gasteiger charge is 2.54. The lowest BCUT2D eigenvalue weighted by Crippen LogP contribution is -2.17. The van der Waals surface area contributed by atoms with E-state index in [0.717, 1.165) is 0 Å². The molecule has 0 aliphatic heterocycles. The molecule has 0 radical (unpaired) electrons. The van der Waals surface area contributed by atoms with Gasteiger partial charge in [0.05, 0.1) is 10.7 Å². The number of fused-ring (bicyclic) bond motifs is 1. The molecule has 2 fully saturated rings. The van der Waals surface area contributed by atoms with E-state index in [1.165, 1.54) is 25.7 Å². The van der Waals surface area contributed by atoms with Gasteiger partial charge in [-0.2, -0.15) is 0 Å².